The maximum atomic E-state index is 5.36. The van der Waals surface area contributed by atoms with Gasteiger partial charge in [0, 0.05) is 20.1 Å². The van der Waals surface area contributed by atoms with Crippen LogP contribution in [-0.4, -0.2) is 45.8 Å². The van der Waals surface area contributed by atoms with Gasteiger partial charge in [-0.25, -0.2) is 15.0 Å². The summed E-state index contributed by atoms with van der Waals surface area (Å²) in [6, 6.07) is 0. The van der Waals surface area contributed by atoms with E-state index in [1.165, 1.54) is 0 Å². The van der Waals surface area contributed by atoms with Crippen molar-refractivity contribution in [1.29, 1.82) is 0 Å². The number of nitrogens with zero attached hydrogens (tertiary/aromatic N) is 5. The maximum Gasteiger partial charge on any atom is 0.165 e. The van der Waals surface area contributed by atoms with Gasteiger partial charge < -0.3 is 14.2 Å². The Balaban J connectivity index is 2.13. The lowest BCUT2D eigenvalue weighted by Gasteiger charge is -2.27. The molecule has 2 aromatic rings. The summed E-state index contributed by atoms with van der Waals surface area (Å²) in [5.41, 5.74) is 1.76. The monoisotopic (exact) mass is 233 g/mol. The zero-order chi connectivity index (χ0) is 11.8. The molecule has 0 unspecified atom stereocenters. The number of morpholine rings is 1. The molecule has 0 aromatic carbocycles. The van der Waals surface area contributed by atoms with E-state index in [0.29, 0.717) is 0 Å². The first-order valence-corrected chi connectivity index (χ1v) is 5.74. The lowest BCUT2D eigenvalue weighted by Crippen LogP contribution is -2.37. The largest absolute Gasteiger partial charge is 0.378 e. The summed E-state index contributed by atoms with van der Waals surface area (Å²) < 4.78 is 7.28. The molecule has 0 amide bonds. The maximum absolute atomic E-state index is 5.36. The molecule has 0 saturated carbocycles. The molecule has 0 bridgehead atoms. The van der Waals surface area contributed by atoms with Crippen LogP contribution >= 0.6 is 0 Å². The van der Waals surface area contributed by atoms with Gasteiger partial charge in [-0.05, 0) is 6.92 Å². The van der Waals surface area contributed by atoms with E-state index < -0.39 is 0 Å². The lowest BCUT2D eigenvalue weighted by atomic mass is 10.3. The van der Waals surface area contributed by atoms with Crippen molar-refractivity contribution in [2.45, 2.75) is 6.92 Å². The lowest BCUT2D eigenvalue weighted by molar-refractivity contribution is 0.122. The van der Waals surface area contributed by atoms with Crippen molar-refractivity contribution in [3.63, 3.8) is 0 Å². The minimum Gasteiger partial charge on any atom is -0.378 e. The second kappa shape index (κ2) is 3.96. The number of hydrogen-bond donors (Lipinski definition) is 0. The third kappa shape index (κ3) is 1.74. The summed E-state index contributed by atoms with van der Waals surface area (Å²) in [6.45, 7) is 5.13. The SMILES string of the molecule is Cc1nc(N2CCOCC2)c2ncn(C)c2n1. The first kappa shape index (κ1) is 10.5. The number of aryl methyl sites for hydroxylation is 2. The Morgan fingerprint density at radius 1 is 1.24 bits per heavy atom. The van der Waals surface area contributed by atoms with Gasteiger partial charge in [-0.1, -0.05) is 0 Å². The summed E-state index contributed by atoms with van der Waals surface area (Å²) in [5, 5.41) is 0. The molecule has 0 aliphatic carbocycles. The average molecular weight is 233 g/mol. The summed E-state index contributed by atoms with van der Waals surface area (Å²) in [4.78, 5) is 15.5. The molecule has 17 heavy (non-hydrogen) atoms. The van der Waals surface area contributed by atoms with Gasteiger partial charge in [0.2, 0.25) is 0 Å². The zero-order valence-electron chi connectivity index (χ0n) is 10.1. The summed E-state index contributed by atoms with van der Waals surface area (Å²) >= 11 is 0. The van der Waals surface area contributed by atoms with Crippen molar-refractivity contribution < 1.29 is 4.74 Å². The van der Waals surface area contributed by atoms with E-state index in [-0.39, 0.29) is 0 Å². The number of aromatic nitrogens is 4. The van der Waals surface area contributed by atoms with Crippen molar-refractivity contribution in [3.8, 4) is 0 Å². The van der Waals surface area contributed by atoms with Gasteiger partial charge in [-0.2, -0.15) is 0 Å². The van der Waals surface area contributed by atoms with Gasteiger partial charge >= 0.3 is 0 Å². The van der Waals surface area contributed by atoms with E-state index >= 15 is 0 Å². The first-order chi connectivity index (χ1) is 8.25. The topological polar surface area (TPSA) is 56.1 Å². The van der Waals surface area contributed by atoms with Crippen LogP contribution in [0.2, 0.25) is 0 Å². The number of hydrogen-bond acceptors (Lipinski definition) is 5. The van der Waals surface area contributed by atoms with Crippen LogP contribution in [0.15, 0.2) is 6.33 Å². The van der Waals surface area contributed by atoms with Crippen LogP contribution < -0.4 is 4.90 Å². The van der Waals surface area contributed by atoms with Crippen LogP contribution in [0.3, 0.4) is 0 Å². The molecular weight excluding hydrogens is 218 g/mol. The molecule has 0 radical (unpaired) electrons. The molecule has 6 heteroatoms. The Kier molecular flexibility index (Phi) is 2.44. The zero-order valence-corrected chi connectivity index (χ0v) is 10.1. The van der Waals surface area contributed by atoms with E-state index in [2.05, 4.69) is 19.9 Å². The van der Waals surface area contributed by atoms with Crippen LogP contribution in [0.4, 0.5) is 5.82 Å². The predicted molar refractivity (Wildman–Crippen MR) is 64.1 cm³/mol. The Morgan fingerprint density at radius 2 is 2.00 bits per heavy atom. The molecule has 0 spiro atoms. The minimum atomic E-state index is 0.747. The molecule has 1 saturated heterocycles. The predicted octanol–water partition coefficient (Wildman–Crippen LogP) is 0.508. The van der Waals surface area contributed by atoms with E-state index in [9.17, 15) is 0 Å². The highest BCUT2D eigenvalue weighted by Gasteiger charge is 2.18. The second-order valence-electron chi connectivity index (χ2n) is 4.22. The number of fused-ring (bicyclic) bond motifs is 1. The fourth-order valence-electron chi connectivity index (χ4n) is 2.09. The summed E-state index contributed by atoms with van der Waals surface area (Å²) in [5.74, 6) is 1.71. The van der Waals surface area contributed by atoms with E-state index in [0.717, 1.165) is 49.1 Å². The molecule has 1 fully saturated rings. The fraction of sp³-hybridized carbons (Fsp3) is 0.545. The number of anilines is 1. The molecule has 1 aliphatic heterocycles. The summed E-state index contributed by atoms with van der Waals surface area (Å²) in [7, 11) is 1.95. The molecule has 0 atom stereocenters. The van der Waals surface area contributed by atoms with Crippen LogP contribution in [0.1, 0.15) is 5.82 Å². The van der Waals surface area contributed by atoms with Crippen molar-refractivity contribution >= 4 is 17.0 Å². The van der Waals surface area contributed by atoms with Crippen LogP contribution in [0, 0.1) is 6.92 Å². The average Bonchev–Trinajstić information content (AvgIpc) is 2.72. The smallest absolute Gasteiger partial charge is 0.165 e. The molecule has 1 aliphatic rings. The van der Waals surface area contributed by atoms with Gasteiger partial charge in [0.25, 0.3) is 0 Å². The van der Waals surface area contributed by atoms with Crippen LogP contribution in [0.25, 0.3) is 11.2 Å². The van der Waals surface area contributed by atoms with Crippen LogP contribution in [0.5, 0.6) is 0 Å². The Bertz CT molecular complexity index is 544. The number of imidazole rings is 1. The molecule has 90 valence electrons. The van der Waals surface area contributed by atoms with Crippen molar-refractivity contribution in [3.05, 3.63) is 12.2 Å². The number of ether oxygens (including phenoxy) is 1. The number of rotatable bonds is 1. The standard InChI is InChI=1S/C11H15N5O/c1-8-13-10-9(12-7-15(10)2)11(14-8)16-3-5-17-6-4-16/h7H,3-6H2,1-2H3. The summed E-state index contributed by atoms with van der Waals surface area (Å²) in [6.07, 6.45) is 1.78. The van der Waals surface area contributed by atoms with E-state index in [1.54, 1.807) is 6.33 Å². The van der Waals surface area contributed by atoms with Crippen LogP contribution in [-0.2, 0) is 11.8 Å². The fourth-order valence-corrected chi connectivity index (χ4v) is 2.09. The van der Waals surface area contributed by atoms with Gasteiger partial charge in [0.15, 0.2) is 17.0 Å². The van der Waals surface area contributed by atoms with E-state index in [1.807, 2.05) is 18.5 Å². The Morgan fingerprint density at radius 3 is 2.76 bits per heavy atom. The molecule has 0 N–H and O–H groups in total. The highest BCUT2D eigenvalue weighted by Crippen LogP contribution is 2.22. The Hall–Kier alpha value is -1.69. The molecule has 6 nitrogen and oxygen atoms in total. The van der Waals surface area contributed by atoms with Gasteiger partial charge in [-0.3, -0.25) is 0 Å². The Labute approximate surface area is 99.2 Å². The third-order valence-electron chi connectivity index (χ3n) is 2.96. The molecule has 3 heterocycles. The van der Waals surface area contributed by atoms with Crippen molar-refractivity contribution in [1.82, 2.24) is 19.5 Å². The highest BCUT2D eigenvalue weighted by atomic mass is 16.5. The molecular formula is C11H15N5O. The highest BCUT2D eigenvalue weighted by molar-refractivity contribution is 5.83. The van der Waals surface area contributed by atoms with Crippen molar-refractivity contribution in [2.24, 2.45) is 7.05 Å². The molecule has 2 aromatic heterocycles. The molecule has 3 rings (SSSR count). The third-order valence-corrected chi connectivity index (χ3v) is 2.96. The van der Waals surface area contributed by atoms with Gasteiger partial charge in [-0.15, -0.1) is 0 Å². The van der Waals surface area contributed by atoms with Crippen molar-refractivity contribution in [2.75, 3.05) is 31.2 Å². The van der Waals surface area contributed by atoms with Gasteiger partial charge in [0.05, 0.1) is 19.5 Å². The van der Waals surface area contributed by atoms with E-state index in [4.69, 9.17) is 4.74 Å². The minimum absolute atomic E-state index is 0.747. The second-order valence-corrected chi connectivity index (χ2v) is 4.22. The quantitative estimate of drug-likeness (QED) is 0.718. The van der Waals surface area contributed by atoms with Gasteiger partial charge in [0.1, 0.15) is 5.82 Å². The normalized spacial score (nSPS) is 16.7. The first-order valence-electron chi connectivity index (χ1n) is 5.74.